The third-order valence-electron chi connectivity index (χ3n) is 4.68. The molecule has 0 radical (unpaired) electrons. The summed E-state index contributed by atoms with van der Waals surface area (Å²) in [6.45, 7) is 8.97. The number of ether oxygens (including phenoxy) is 1. The molecular formula is C15H29N3O2. The lowest BCUT2D eigenvalue weighted by atomic mass is 9.77. The van der Waals surface area contributed by atoms with E-state index in [9.17, 15) is 4.79 Å². The van der Waals surface area contributed by atoms with Gasteiger partial charge in [0.25, 0.3) is 0 Å². The molecule has 1 aliphatic carbocycles. The maximum absolute atomic E-state index is 11.9. The monoisotopic (exact) mass is 283 g/mol. The number of hydrogen-bond donors (Lipinski definition) is 2. The van der Waals surface area contributed by atoms with Crippen molar-refractivity contribution >= 4 is 5.91 Å². The predicted octanol–water partition coefficient (Wildman–Crippen LogP) is 0.872. The molecule has 116 valence electrons. The van der Waals surface area contributed by atoms with Crippen molar-refractivity contribution in [1.82, 2.24) is 10.2 Å². The second-order valence-corrected chi connectivity index (χ2v) is 6.44. The van der Waals surface area contributed by atoms with Crippen molar-refractivity contribution < 1.29 is 9.53 Å². The van der Waals surface area contributed by atoms with Crippen LogP contribution in [-0.4, -0.2) is 54.2 Å². The van der Waals surface area contributed by atoms with Crippen LogP contribution in [0.2, 0.25) is 0 Å². The first-order chi connectivity index (χ1) is 9.47. The van der Waals surface area contributed by atoms with E-state index in [2.05, 4.69) is 24.1 Å². The van der Waals surface area contributed by atoms with Gasteiger partial charge >= 0.3 is 0 Å². The number of carbonyl (C=O) groups is 1. The number of amides is 1. The number of nitrogens with zero attached hydrogens (tertiary/aromatic N) is 1. The van der Waals surface area contributed by atoms with Gasteiger partial charge in [0.05, 0.1) is 17.7 Å². The Morgan fingerprint density at radius 1 is 1.40 bits per heavy atom. The van der Waals surface area contributed by atoms with E-state index in [4.69, 9.17) is 10.5 Å². The van der Waals surface area contributed by atoms with Crippen LogP contribution in [0.1, 0.15) is 46.5 Å². The fourth-order valence-electron chi connectivity index (χ4n) is 3.88. The molecule has 0 spiro atoms. The number of likely N-dealkylation sites (N-methyl/N-ethyl adjacent to an activating group) is 1. The average molecular weight is 283 g/mol. The third kappa shape index (κ3) is 3.32. The van der Waals surface area contributed by atoms with Gasteiger partial charge in [-0.2, -0.15) is 0 Å². The lowest BCUT2D eigenvalue weighted by Crippen LogP contribution is -2.62. The van der Waals surface area contributed by atoms with E-state index in [0.717, 1.165) is 45.3 Å². The molecule has 1 saturated carbocycles. The molecule has 1 heterocycles. The van der Waals surface area contributed by atoms with Crippen molar-refractivity contribution in [3.63, 3.8) is 0 Å². The third-order valence-corrected chi connectivity index (χ3v) is 4.68. The normalized spacial score (nSPS) is 39.6. The quantitative estimate of drug-likeness (QED) is 0.803. The number of carbonyl (C=O) groups excluding carboxylic acids is 1. The molecule has 0 bridgehead atoms. The summed E-state index contributed by atoms with van der Waals surface area (Å²) in [5, 5.41) is 3.36. The summed E-state index contributed by atoms with van der Waals surface area (Å²) >= 11 is 0. The van der Waals surface area contributed by atoms with Crippen LogP contribution < -0.4 is 11.1 Å². The Bertz CT molecular complexity index is 336. The second-order valence-electron chi connectivity index (χ2n) is 6.44. The largest absolute Gasteiger partial charge is 0.373 e. The van der Waals surface area contributed by atoms with Crippen LogP contribution in [0.5, 0.6) is 0 Å². The molecular weight excluding hydrogens is 254 g/mol. The first-order valence-electron chi connectivity index (χ1n) is 7.91. The Balaban J connectivity index is 2.07. The van der Waals surface area contributed by atoms with Crippen LogP contribution >= 0.6 is 0 Å². The summed E-state index contributed by atoms with van der Waals surface area (Å²) in [6, 6.07) is 0.434. The maximum Gasteiger partial charge on any atom is 0.237 e. The van der Waals surface area contributed by atoms with Crippen molar-refractivity contribution in [1.29, 1.82) is 0 Å². The van der Waals surface area contributed by atoms with Crippen LogP contribution in [0, 0.1) is 0 Å². The van der Waals surface area contributed by atoms with Crippen LogP contribution in [-0.2, 0) is 9.53 Å². The average Bonchev–Trinajstić information content (AvgIpc) is 2.38. The molecule has 5 nitrogen and oxygen atoms in total. The summed E-state index contributed by atoms with van der Waals surface area (Å²) in [5.74, 6) is -0.196. The van der Waals surface area contributed by atoms with Gasteiger partial charge in [-0.3, -0.25) is 9.69 Å². The first-order valence-corrected chi connectivity index (χ1v) is 7.91. The summed E-state index contributed by atoms with van der Waals surface area (Å²) in [7, 11) is 0. The smallest absolute Gasteiger partial charge is 0.237 e. The Labute approximate surface area is 122 Å². The SMILES string of the molecule is CCNC1(C(N)=O)CCCC(N2CC(C)OC(C)C2)C1. The molecule has 0 aromatic carbocycles. The molecule has 2 aliphatic rings. The van der Waals surface area contributed by atoms with E-state index >= 15 is 0 Å². The second kappa shape index (κ2) is 6.41. The van der Waals surface area contributed by atoms with Crippen LogP contribution in [0.15, 0.2) is 0 Å². The molecule has 0 aromatic heterocycles. The number of rotatable bonds is 4. The highest BCUT2D eigenvalue weighted by atomic mass is 16.5. The highest BCUT2D eigenvalue weighted by molar-refractivity contribution is 5.84. The summed E-state index contributed by atoms with van der Waals surface area (Å²) in [4.78, 5) is 14.4. The van der Waals surface area contributed by atoms with Crippen molar-refractivity contribution in [2.24, 2.45) is 5.73 Å². The summed E-state index contributed by atoms with van der Waals surface area (Å²) < 4.78 is 5.81. The van der Waals surface area contributed by atoms with Crippen molar-refractivity contribution in [3.8, 4) is 0 Å². The number of nitrogens with two attached hydrogens (primary N) is 1. The molecule has 1 saturated heterocycles. The number of morpholine rings is 1. The van der Waals surface area contributed by atoms with E-state index in [1.54, 1.807) is 0 Å². The summed E-state index contributed by atoms with van der Waals surface area (Å²) in [6.07, 6.45) is 4.43. The molecule has 1 aliphatic heterocycles. The summed E-state index contributed by atoms with van der Waals surface area (Å²) in [5.41, 5.74) is 5.18. The van der Waals surface area contributed by atoms with Gasteiger partial charge in [-0.1, -0.05) is 6.92 Å². The Kier molecular flexibility index (Phi) is 5.04. The molecule has 1 amide bonds. The number of hydrogen-bond acceptors (Lipinski definition) is 4. The van der Waals surface area contributed by atoms with Gasteiger partial charge in [0, 0.05) is 19.1 Å². The number of primary amides is 1. The Morgan fingerprint density at radius 3 is 2.60 bits per heavy atom. The number of nitrogens with one attached hydrogen (secondary N) is 1. The van der Waals surface area contributed by atoms with Crippen molar-refractivity contribution in [2.75, 3.05) is 19.6 Å². The highest BCUT2D eigenvalue weighted by Gasteiger charge is 2.43. The standard InChI is InChI=1S/C15H29N3O2/c1-4-17-15(14(16)19)7-5-6-13(8-15)18-9-11(2)20-12(3)10-18/h11-13,17H,4-10H2,1-3H3,(H2,16,19). The molecule has 2 fully saturated rings. The van der Waals surface area contributed by atoms with Gasteiger partial charge in [0.2, 0.25) is 5.91 Å². The van der Waals surface area contributed by atoms with E-state index < -0.39 is 5.54 Å². The topological polar surface area (TPSA) is 67.6 Å². The van der Waals surface area contributed by atoms with Crippen LogP contribution in [0.25, 0.3) is 0 Å². The molecule has 20 heavy (non-hydrogen) atoms. The fourth-order valence-corrected chi connectivity index (χ4v) is 3.88. The first kappa shape index (κ1) is 15.7. The Hall–Kier alpha value is -0.650. The minimum Gasteiger partial charge on any atom is -0.373 e. The van der Waals surface area contributed by atoms with Crippen LogP contribution in [0.4, 0.5) is 0 Å². The lowest BCUT2D eigenvalue weighted by molar-refractivity contribution is -0.128. The van der Waals surface area contributed by atoms with Crippen LogP contribution in [0.3, 0.4) is 0 Å². The molecule has 5 heteroatoms. The fraction of sp³-hybridized carbons (Fsp3) is 0.933. The minimum atomic E-state index is -0.511. The predicted molar refractivity (Wildman–Crippen MR) is 79.4 cm³/mol. The Morgan fingerprint density at radius 2 is 2.05 bits per heavy atom. The highest BCUT2D eigenvalue weighted by Crippen LogP contribution is 2.32. The zero-order chi connectivity index (χ0) is 14.8. The van der Waals surface area contributed by atoms with E-state index in [1.807, 2.05) is 6.92 Å². The van der Waals surface area contributed by atoms with Gasteiger partial charge in [0.15, 0.2) is 0 Å². The van der Waals surface area contributed by atoms with E-state index in [-0.39, 0.29) is 18.1 Å². The molecule has 4 unspecified atom stereocenters. The van der Waals surface area contributed by atoms with Crippen molar-refractivity contribution in [2.45, 2.75) is 70.2 Å². The minimum absolute atomic E-state index is 0.196. The van der Waals surface area contributed by atoms with Gasteiger partial charge in [0.1, 0.15) is 0 Å². The van der Waals surface area contributed by atoms with Crippen molar-refractivity contribution in [3.05, 3.63) is 0 Å². The van der Waals surface area contributed by atoms with E-state index in [0.29, 0.717) is 6.04 Å². The zero-order valence-corrected chi connectivity index (χ0v) is 13.0. The molecule has 0 aromatic rings. The van der Waals surface area contributed by atoms with Gasteiger partial charge in [-0.05, 0) is 46.1 Å². The van der Waals surface area contributed by atoms with Gasteiger partial charge in [-0.15, -0.1) is 0 Å². The lowest BCUT2D eigenvalue weighted by Gasteiger charge is -2.46. The molecule has 3 N–H and O–H groups in total. The maximum atomic E-state index is 11.9. The van der Waals surface area contributed by atoms with E-state index in [1.165, 1.54) is 0 Å². The molecule has 2 rings (SSSR count). The van der Waals surface area contributed by atoms with Gasteiger partial charge in [-0.25, -0.2) is 0 Å². The van der Waals surface area contributed by atoms with Gasteiger partial charge < -0.3 is 15.8 Å². The molecule has 4 atom stereocenters. The zero-order valence-electron chi connectivity index (χ0n) is 13.0.